The van der Waals surface area contributed by atoms with Crippen LogP contribution in [0.3, 0.4) is 0 Å². The van der Waals surface area contributed by atoms with Crippen molar-refractivity contribution >= 4 is 28.9 Å². The first-order chi connectivity index (χ1) is 16.8. The molecule has 0 spiro atoms. The average Bonchev–Trinajstić information content (AvgIpc) is 2.83. The summed E-state index contributed by atoms with van der Waals surface area (Å²) in [5, 5.41) is 20.8. The Morgan fingerprint density at radius 2 is 1.69 bits per heavy atom. The molecule has 0 amide bonds. The maximum atomic E-state index is 13.6. The van der Waals surface area contributed by atoms with Crippen molar-refractivity contribution in [3.05, 3.63) is 93.5 Å². The zero-order valence-electron chi connectivity index (χ0n) is 18.9. The van der Waals surface area contributed by atoms with E-state index in [1.165, 1.54) is 0 Å². The molecular formula is C26H26Cl2F2N2O3. The van der Waals surface area contributed by atoms with E-state index in [-0.39, 0.29) is 31.4 Å². The summed E-state index contributed by atoms with van der Waals surface area (Å²) in [6.45, 7) is 2.08. The number of benzene rings is 3. The number of hydrogen-bond acceptors (Lipinski definition) is 5. The van der Waals surface area contributed by atoms with Crippen molar-refractivity contribution in [3.63, 3.8) is 0 Å². The fourth-order valence-corrected chi connectivity index (χ4v) is 4.76. The van der Waals surface area contributed by atoms with Crippen LogP contribution in [0.25, 0.3) is 0 Å². The topological polar surface area (TPSA) is 56.2 Å². The van der Waals surface area contributed by atoms with Gasteiger partial charge in [0.25, 0.3) is 0 Å². The first-order valence-electron chi connectivity index (χ1n) is 11.3. The quantitative estimate of drug-likeness (QED) is 0.423. The highest BCUT2D eigenvalue weighted by Gasteiger charge is 2.31. The van der Waals surface area contributed by atoms with Crippen LogP contribution in [0.15, 0.2) is 60.7 Å². The standard InChI is InChI=1S/C26H26Cl2F2N2O3/c27-19-3-1-17(2-4-19)25-15-31(16-26(34)18-11-20(29)13-21(30)12-18)7-8-32(25)24-6-5-22(14-23(24)28)35-10-9-33/h1-6,11-14,25-26,33-34H,7-10,15-16H2/t25-,26+/m0/s1. The smallest absolute Gasteiger partial charge is 0.126 e. The second-order valence-corrected chi connectivity index (χ2v) is 9.27. The van der Waals surface area contributed by atoms with Crippen LogP contribution in [-0.4, -0.2) is 54.5 Å². The van der Waals surface area contributed by atoms with Gasteiger partial charge < -0.3 is 19.8 Å². The summed E-state index contributed by atoms with van der Waals surface area (Å²) in [7, 11) is 0. The molecular weight excluding hydrogens is 497 g/mol. The average molecular weight is 523 g/mol. The van der Waals surface area contributed by atoms with Crippen molar-refractivity contribution in [1.29, 1.82) is 0 Å². The van der Waals surface area contributed by atoms with Crippen LogP contribution in [0.2, 0.25) is 10.0 Å². The molecule has 35 heavy (non-hydrogen) atoms. The minimum Gasteiger partial charge on any atom is -0.491 e. The molecule has 9 heteroatoms. The predicted molar refractivity (Wildman–Crippen MR) is 133 cm³/mol. The van der Waals surface area contributed by atoms with Gasteiger partial charge in [0.2, 0.25) is 0 Å². The molecule has 4 rings (SSSR count). The summed E-state index contributed by atoms with van der Waals surface area (Å²) in [5.74, 6) is -0.868. The second-order valence-electron chi connectivity index (χ2n) is 8.42. The molecule has 1 saturated heterocycles. The molecule has 1 aliphatic rings. The third-order valence-electron chi connectivity index (χ3n) is 6.01. The van der Waals surface area contributed by atoms with Gasteiger partial charge in [0.05, 0.1) is 29.5 Å². The van der Waals surface area contributed by atoms with E-state index in [1.54, 1.807) is 6.07 Å². The van der Waals surface area contributed by atoms with Crippen LogP contribution in [-0.2, 0) is 0 Å². The van der Waals surface area contributed by atoms with Crippen LogP contribution >= 0.6 is 23.2 Å². The van der Waals surface area contributed by atoms with Gasteiger partial charge in [0, 0.05) is 43.3 Å². The Bertz CT molecular complexity index is 1130. The van der Waals surface area contributed by atoms with Crippen molar-refractivity contribution in [3.8, 4) is 5.75 Å². The number of halogens is 4. The molecule has 3 aromatic carbocycles. The third kappa shape index (κ3) is 6.42. The Morgan fingerprint density at radius 3 is 2.34 bits per heavy atom. The molecule has 0 aliphatic carbocycles. The number of ether oxygens (including phenoxy) is 1. The van der Waals surface area contributed by atoms with Crippen molar-refractivity contribution in [2.45, 2.75) is 12.1 Å². The van der Waals surface area contributed by atoms with Gasteiger partial charge in [0.15, 0.2) is 0 Å². The molecule has 1 heterocycles. The molecule has 1 fully saturated rings. The van der Waals surface area contributed by atoms with E-state index in [0.29, 0.717) is 35.4 Å². The molecule has 2 atom stereocenters. The largest absolute Gasteiger partial charge is 0.491 e. The van der Waals surface area contributed by atoms with Crippen LogP contribution in [0.4, 0.5) is 14.5 Å². The maximum Gasteiger partial charge on any atom is 0.126 e. The lowest BCUT2D eigenvalue weighted by molar-refractivity contribution is 0.1000. The highest BCUT2D eigenvalue weighted by atomic mass is 35.5. The zero-order chi connectivity index (χ0) is 24.9. The monoisotopic (exact) mass is 522 g/mol. The number of rotatable bonds is 8. The second kappa shape index (κ2) is 11.5. The van der Waals surface area contributed by atoms with E-state index in [9.17, 15) is 13.9 Å². The summed E-state index contributed by atoms with van der Waals surface area (Å²) in [6, 6.07) is 16.0. The van der Waals surface area contributed by atoms with Crippen molar-refractivity contribution < 1.29 is 23.7 Å². The molecule has 0 saturated carbocycles. The maximum absolute atomic E-state index is 13.6. The Hall–Kier alpha value is -2.42. The van der Waals surface area contributed by atoms with E-state index in [0.717, 1.165) is 29.4 Å². The molecule has 5 nitrogen and oxygen atoms in total. The lowest BCUT2D eigenvalue weighted by atomic mass is 10.00. The Morgan fingerprint density at radius 1 is 0.971 bits per heavy atom. The van der Waals surface area contributed by atoms with E-state index in [1.807, 2.05) is 36.4 Å². The number of aliphatic hydroxyl groups excluding tert-OH is 2. The highest BCUT2D eigenvalue weighted by Crippen LogP contribution is 2.37. The number of β-amino-alcohol motifs (C(OH)–C–C–N with tert-alkyl or cyclic N) is 1. The summed E-state index contributed by atoms with van der Waals surface area (Å²) in [4.78, 5) is 4.25. The summed E-state index contributed by atoms with van der Waals surface area (Å²) in [5.41, 5.74) is 2.05. The Kier molecular flexibility index (Phi) is 8.46. The van der Waals surface area contributed by atoms with E-state index >= 15 is 0 Å². The molecule has 0 aromatic heterocycles. The molecule has 0 radical (unpaired) electrons. The number of anilines is 1. The third-order valence-corrected chi connectivity index (χ3v) is 6.56. The van der Waals surface area contributed by atoms with Crippen molar-refractivity contribution in [2.24, 2.45) is 0 Å². The SMILES string of the molecule is OCCOc1ccc(N2CCN(C[C@@H](O)c3cc(F)cc(F)c3)C[C@H]2c2ccc(Cl)cc2)c(Cl)c1. The minimum absolute atomic E-state index is 0.0892. The van der Waals surface area contributed by atoms with Gasteiger partial charge >= 0.3 is 0 Å². The predicted octanol–water partition coefficient (Wildman–Crippen LogP) is 5.24. The van der Waals surface area contributed by atoms with Crippen LogP contribution in [0.5, 0.6) is 5.75 Å². The summed E-state index contributed by atoms with van der Waals surface area (Å²) in [6.07, 6.45) is -1.04. The van der Waals surface area contributed by atoms with Gasteiger partial charge in [-0.05, 0) is 47.5 Å². The lowest BCUT2D eigenvalue weighted by Gasteiger charge is -2.44. The van der Waals surface area contributed by atoms with E-state index in [2.05, 4.69) is 9.80 Å². The number of aliphatic hydroxyl groups is 2. The summed E-state index contributed by atoms with van der Waals surface area (Å²) >= 11 is 12.7. The van der Waals surface area contributed by atoms with E-state index in [4.69, 9.17) is 33.0 Å². The van der Waals surface area contributed by atoms with Crippen molar-refractivity contribution in [2.75, 3.05) is 44.3 Å². The lowest BCUT2D eigenvalue weighted by Crippen LogP contribution is -2.49. The molecule has 186 valence electrons. The van der Waals surface area contributed by atoms with Gasteiger partial charge in [-0.25, -0.2) is 8.78 Å². The van der Waals surface area contributed by atoms with Crippen LogP contribution < -0.4 is 9.64 Å². The highest BCUT2D eigenvalue weighted by molar-refractivity contribution is 6.33. The van der Waals surface area contributed by atoms with Crippen LogP contribution in [0, 0.1) is 11.6 Å². The Balaban J connectivity index is 1.57. The van der Waals surface area contributed by atoms with Gasteiger partial charge in [-0.3, -0.25) is 4.90 Å². The number of piperazine rings is 1. The van der Waals surface area contributed by atoms with Gasteiger partial charge in [0.1, 0.15) is 24.0 Å². The Labute approximate surface area is 213 Å². The normalized spacial score (nSPS) is 17.4. The number of hydrogen-bond donors (Lipinski definition) is 2. The van der Waals surface area contributed by atoms with E-state index < -0.39 is 17.7 Å². The molecule has 0 bridgehead atoms. The van der Waals surface area contributed by atoms with Gasteiger partial charge in [-0.15, -0.1) is 0 Å². The molecule has 2 N–H and O–H groups in total. The number of nitrogens with zero attached hydrogens (tertiary/aromatic N) is 2. The molecule has 3 aromatic rings. The van der Waals surface area contributed by atoms with Gasteiger partial charge in [-0.1, -0.05) is 35.3 Å². The minimum atomic E-state index is -1.04. The van der Waals surface area contributed by atoms with Gasteiger partial charge in [-0.2, -0.15) is 0 Å². The first-order valence-corrected chi connectivity index (χ1v) is 12.0. The van der Waals surface area contributed by atoms with Crippen molar-refractivity contribution in [1.82, 2.24) is 4.90 Å². The zero-order valence-corrected chi connectivity index (χ0v) is 20.4. The molecule has 1 aliphatic heterocycles. The van der Waals surface area contributed by atoms with Crippen LogP contribution in [0.1, 0.15) is 23.3 Å². The fraction of sp³-hybridized carbons (Fsp3) is 0.308. The summed E-state index contributed by atoms with van der Waals surface area (Å²) < 4.78 is 32.7. The fourth-order valence-electron chi connectivity index (χ4n) is 4.36. The first kappa shape index (κ1) is 25.7. The molecule has 0 unspecified atom stereocenters.